The molecule has 1 amide bonds. The first kappa shape index (κ1) is 16.0. The van der Waals surface area contributed by atoms with Gasteiger partial charge >= 0.3 is 0 Å². The van der Waals surface area contributed by atoms with E-state index in [9.17, 15) is 4.79 Å². The van der Waals surface area contributed by atoms with Gasteiger partial charge < -0.3 is 9.80 Å². The highest BCUT2D eigenvalue weighted by molar-refractivity contribution is 6.09. The van der Waals surface area contributed by atoms with Crippen molar-refractivity contribution in [3.05, 3.63) is 59.8 Å². The fraction of sp³-hybridized carbons (Fsp3) is 0.300. The van der Waals surface area contributed by atoms with E-state index < -0.39 is 0 Å². The fourth-order valence-corrected chi connectivity index (χ4v) is 3.81. The molecule has 1 fully saturated rings. The minimum atomic E-state index is -0.0211. The van der Waals surface area contributed by atoms with Gasteiger partial charge in [-0.05, 0) is 43.5 Å². The Morgan fingerprint density at radius 3 is 2.63 bits per heavy atom. The molecule has 0 aromatic carbocycles. The van der Waals surface area contributed by atoms with Crippen LogP contribution >= 0.6 is 0 Å². The Balaban J connectivity index is 1.40. The van der Waals surface area contributed by atoms with Crippen LogP contribution in [0.1, 0.15) is 34.5 Å². The lowest BCUT2D eigenvalue weighted by atomic mass is 10.2. The Labute approximate surface area is 157 Å². The second-order valence-corrected chi connectivity index (χ2v) is 7.06. The van der Waals surface area contributed by atoms with Gasteiger partial charge in [0, 0.05) is 31.7 Å². The average molecular weight is 360 g/mol. The van der Waals surface area contributed by atoms with Crippen LogP contribution in [-0.4, -0.2) is 38.7 Å². The van der Waals surface area contributed by atoms with Crippen molar-refractivity contribution in [3.63, 3.8) is 0 Å². The van der Waals surface area contributed by atoms with Gasteiger partial charge in [-0.2, -0.15) is 5.10 Å². The number of hydrogen-bond acceptors (Lipinski definition) is 5. The molecule has 0 unspecified atom stereocenters. The third-order valence-corrected chi connectivity index (χ3v) is 5.28. The maximum atomic E-state index is 12.9. The Morgan fingerprint density at radius 1 is 1.07 bits per heavy atom. The summed E-state index contributed by atoms with van der Waals surface area (Å²) in [6.07, 6.45) is 9.56. The van der Waals surface area contributed by atoms with Crippen LogP contribution in [0.15, 0.2) is 43.0 Å². The first-order valence-electron chi connectivity index (χ1n) is 9.23. The van der Waals surface area contributed by atoms with Crippen molar-refractivity contribution in [1.82, 2.24) is 19.7 Å². The first-order chi connectivity index (χ1) is 13.2. The zero-order valence-electron chi connectivity index (χ0n) is 15.2. The molecule has 27 heavy (non-hydrogen) atoms. The first-order valence-corrected chi connectivity index (χ1v) is 9.23. The normalized spacial score (nSPS) is 16.3. The number of carbonyl (C=O) groups is 1. The molecule has 0 spiro atoms. The van der Waals surface area contributed by atoms with Crippen LogP contribution in [0.2, 0.25) is 0 Å². The molecular weight excluding hydrogens is 340 g/mol. The van der Waals surface area contributed by atoms with E-state index in [2.05, 4.69) is 20.0 Å². The summed E-state index contributed by atoms with van der Waals surface area (Å²) in [5.41, 5.74) is 4.17. The summed E-state index contributed by atoms with van der Waals surface area (Å²) >= 11 is 0. The van der Waals surface area contributed by atoms with Gasteiger partial charge in [0.25, 0.3) is 5.91 Å². The third-order valence-electron chi connectivity index (χ3n) is 5.28. The van der Waals surface area contributed by atoms with Gasteiger partial charge in [-0.15, -0.1) is 0 Å². The van der Waals surface area contributed by atoms with Crippen molar-refractivity contribution in [3.8, 4) is 5.69 Å². The minimum absolute atomic E-state index is 0.0211. The molecule has 3 aromatic heterocycles. The highest BCUT2D eigenvalue weighted by atomic mass is 16.2. The predicted octanol–water partition coefficient (Wildman–Crippen LogP) is 2.73. The van der Waals surface area contributed by atoms with Crippen molar-refractivity contribution < 1.29 is 4.79 Å². The molecule has 1 saturated heterocycles. The maximum Gasteiger partial charge on any atom is 0.262 e. The van der Waals surface area contributed by atoms with Crippen molar-refractivity contribution in [2.45, 2.75) is 26.3 Å². The molecule has 5 rings (SSSR count). The van der Waals surface area contributed by atoms with Crippen LogP contribution in [0.4, 0.5) is 11.5 Å². The summed E-state index contributed by atoms with van der Waals surface area (Å²) in [4.78, 5) is 25.6. The maximum absolute atomic E-state index is 12.9. The van der Waals surface area contributed by atoms with Crippen LogP contribution < -0.4 is 9.80 Å². The van der Waals surface area contributed by atoms with Gasteiger partial charge in [-0.3, -0.25) is 9.78 Å². The van der Waals surface area contributed by atoms with Crippen LogP contribution in [0.3, 0.4) is 0 Å². The number of nitrogens with zero attached hydrogens (tertiary/aromatic N) is 6. The SMILES string of the molecule is Cc1cnccc1N1Cc2nn(-c3ccc(N4CCCC4)nc3)cc2C1=O. The second-order valence-electron chi connectivity index (χ2n) is 7.06. The second kappa shape index (κ2) is 6.19. The fourth-order valence-electron chi connectivity index (χ4n) is 3.81. The van der Waals surface area contributed by atoms with E-state index in [4.69, 9.17) is 0 Å². The van der Waals surface area contributed by atoms with Gasteiger partial charge in [-0.25, -0.2) is 9.67 Å². The summed E-state index contributed by atoms with van der Waals surface area (Å²) in [6.45, 7) is 4.58. The van der Waals surface area contributed by atoms with Crippen LogP contribution in [0.25, 0.3) is 5.69 Å². The van der Waals surface area contributed by atoms with E-state index in [1.807, 2.05) is 31.3 Å². The van der Waals surface area contributed by atoms with Crippen molar-refractivity contribution >= 4 is 17.4 Å². The number of rotatable bonds is 3. The molecule has 0 aliphatic carbocycles. The number of aromatic nitrogens is 4. The summed E-state index contributed by atoms with van der Waals surface area (Å²) < 4.78 is 1.75. The lowest BCUT2D eigenvalue weighted by molar-refractivity contribution is 0.0996. The van der Waals surface area contributed by atoms with Crippen molar-refractivity contribution in [1.29, 1.82) is 0 Å². The molecule has 2 aliphatic rings. The number of pyridine rings is 2. The van der Waals surface area contributed by atoms with Crippen LogP contribution in [0.5, 0.6) is 0 Å². The van der Waals surface area contributed by atoms with Gasteiger partial charge in [0.2, 0.25) is 0 Å². The lowest BCUT2D eigenvalue weighted by Crippen LogP contribution is -2.24. The topological polar surface area (TPSA) is 67.2 Å². The zero-order chi connectivity index (χ0) is 18.4. The van der Waals surface area contributed by atoms with E-state index in [1.54, 1.807) is 28.2 Å². The van der Waals surface area contributed by atoms with E-state index in [0.29, 0.717) is 12.1 Å². The quantitative estimate of drug-likeness (QED) is 0.718. The van der Waals surface area contributed by atoms with Crippen LogP contribution in [-0.2, 0) is 6.54 Å². The molecule has 2 aliphatic heterocycles. The molecule has 136 valence electrons. The number of fused-ring (bicyclic) bond motifs is 1. The van der Waals surface area contributed by atoms with Crippen molar-refractivity contribution in [2.75, 3.05) is 22.9 Å². The van der Waals surface area contributed by atoms with Crippen molar-refractivity contribution in [2.24, 2.45) is 0 Å². The standard InChI is InChI=1S/C20H20N6O/c1-14-10-21-7-6-18(14)25-13-17-16(20(25)27)12-26(23-17)15-4-5-19(22-11-15)24-8-2-3-9-24/h4-7,10-12H,2-3,8-9,13H2,1H3. The molecular formula is C20H20N6O. The van der Waals surface area contributed by atoms with Crippen LogP contribution in [0, 0.1) is 6.92 Å². The molecule has 5 heterocycles. The van der Waals surface area contributed by atoms with E-state index in [1.165, 1.54) is 12.8 Å². The highest BCUT2D eigenvalue weighted by Crippen LogP contribution is 2.30. The third kappa shape index (κ3) is 2.66. The average Bonchev–Trinajstić information content (AvgIpc) is 3.41. The zero-order valence-corrected chi connectivity index (χ0v) is 15.2. The lowest BCUT2D eigenvalue weighted by Gasteiger charge is -2.18. The largest absolute Gasteiger partial charge is 0.357 e. The van der Waals surface area contributed by atoms with Gasteiger partial charge in [0.15, 0.2) is 0 Å². The summed E-state index contributed by atoms with van der Waals surface area (Å²) in [5, 5.41) is 4.63. The molecule has 3 aromatic rings. The van der Waals surface area contributed by atoms with Gasteiger partial charge in [0.05, 0.1) is 35.4 Å². The number of hydrogen-bond donors (Lipinski definition) is 0. The Hall–Kier alpha value is -3.22. The summed E-state index contributed by atoms with van der Waals surface area (Å²) in [6, 6.07) is 5.91. The molecule has 7 nitrogen and oxygen atoms in total. The predicted molar refractivity (Wildman–Crippen MR) is 102 cm³/mol. The Bertz CT molecular complexity index is 1000. The number of aryl methyl sites for hydroxylation is 1. The Morgan fingerprint density at radius 2 is 1.93 bits per heavy atom. The highest BCUT2D eigenvalue weighted by Gasteiger charge is 2.32. The van der Waals surface area contributed by atoms with E-state index in [-0.39, 0.29) is 5.91 Å². The molecule has 0 atom stereocenters. The number of anilines is 2. The summed E-state index contributed by atoms with van der Waals surface area (Å²) in [7, 11) is 0. The number of carbonyl (C=O) groups excluding carboxylic acids is 1. The van der Waals surface area contributed by atoms with E-state index in [0.717, 1.165) is 41.5 Å². The minimum Gasteiger partial charge on any atom is -0.357 e. The van der Waals surface area contributed by atoms with Gasteiger partial charge in [0.1, 0.15) is 5.82 Å². The smallest absolute Gasteiger partial charge is 0.262 e. The van der Waals surface area contributed by atoms with E-state index >= 15 is 0 Å². The number of amides is 1. The Kier molecular flexibility index (Phi) is 3.67. The van der Waals surface area contributed by atoms with Gasteiger partial charge in [-0.1, -0.05) is 0 Å². The molecule has 0 N–H and O–H groups in total. The summed E-state index contributed by atoms with van der Waals surface area (Å²) in [5.74, 6) is 0.985. The molecule has 0 saturated carbocycles. The molecule has 0 bridgehead atoms. The molecule has 0 radical (unpaired) electrons. The monoisotopic (exact) mass is 360 g/mol. The molecule has 7 heteroatoms.